The first-order valence-corrected chi connectivity index (χ1v) is 6.18. The molecule has 0 amide bonds. The van der Waals surface area contributed by atoms with Crippen LogP contribution in [0.5, 0.6) is 0 Å². The largest absolute Gasteiger partial charge is 0.0683 e. The fraction of sp³-hybridized carbons (Fsp3) is 1.00. The summed E-state index contributed by atoms with van der Waals surface area (Å²) in [7, 11) is 0. The molecule has 0 heterocycles. The van der Waals surface area contributed by atoms with E-state index in [1.807, 2.05) is 13.8 Å². The van der Waals surface area contributed by atoms with Gasteiger partial charge in [-0.15, -0.1) is 0 Å². The maximum Gasteiger partial charge on any atom is -0.0328 e. The molecule has 0 saturated heterocycles. The maximum absolute atomic E-state index is 2.39. The van der Waals surface area contributed by atoms with Gasteiger partial charge in [-0.3, -0.25) is 0 Å². The Hall–Kier alpha value is 0. The van der Waals surface area contributed by atoms with Gasteiger partial charge in [0, 0.05) is 0 Å². The van der Waals surface area contributed by atoms with E-state index in [0.29, 0.717) is 0 Å². The summed E-state index contributed by atoms with van der Waals surface area (Å²) in [6.45, 7) is 13.0. The third-order valence-corrected chi connectivity index (χ3v) is 2.91. The van der Waals surface area contributed by atoms with Crippen LogP contribution in [0.4, 0.5) is 0 Å². The van der Waals surface area contributed by atoms with Crippen molar-refractivity contribution in [1.29, 1.82) is 0 Å². The van der Waals surface area contributed by atoms with Gasteiger partial charge in [0.05, 0.1) is 0 Å². The fourth-order valence-corrected chi connectivity index (χ4v) is 1.13. The van der Waals surface area contributed by atoms with Gasteiger partial charge < -0.3 is 0 Å². The predicted octanol–water partition coefficient (Wildman–Crippen LogP) is 5.42. The fourth-order valence-electron chi connectivity index (χ4n) is 1.13. The Morgan fingerprint density at radius 1 is 0.923 bits per heavy atom. The summed E-state index contributed by atoms with van der Waals surface area (Å²) in [6, 6.07) is 0. The molecule has 0 nitrogen and oxygen atoms in total. The molecule has 13 heavy (non-hydrogen) atoms. The minimum Gasteiger partial charge on any atom is -0.0683 e. The van der Waals surface area contributed by atoms with E-state index < -0.39 is 0 Å². The zero-order valence-corrected chi connectivity index (χ0v) is 10.7. The van der Waals surface area contributed by atoms with Crippen LogP contribution in [0.15, 0.2) is 0 Å². The highest BCUT2D eigenvalue weighted by atomic mass is 14.3. The Bertz CT molecular complexity index is 72.5. The number of rotatable bonds is 2. The molecular weight excluding hydrogens is 156 g/mol. The van der Waals surface area contributed by atoms with Crippen LogP contribution in [0.25, 0.3) is 0 Å². The summed E-state index contributed by atoms with van der Waals surface area (Å²) in [5.74, 6) is 0. The first-order chi connectivity index (χ1) is 6.18. The van der Waals surface area contributed by atoms with Crippen LogP contribution >= 0.6 is 0 Å². The van der Waals surface area contributed by atoms with Crippen molar-refractivity contribution in [3.63, 3.8) is 0 Å². The van der Waals surface area contributed by atoms with E-state index in [9.17, 15) is 0 Å². The quantitative estimate of drug-likeness (QED) is 0.540. The second-order valence-corrected chi connectivity index (χ2v) is 4.02. The van der Waals surface area contributed by atoms with Crippen molar-refractivity contribution in [2.24, 2.45) is 5.41 Å². The van der Waals surface area contributed by atoms with Crippen molar-refractivity contribution >= 4 is 0 Å². The molecule has 0 aliphatic heterocycles. The molecule has 0 aromatic rings. The third kappa shape index (κ3) is 8.33. The molecule has 1 aliphatic carbocycles. The van der Waals surface area contributed by atoms with Crippen LogP contribution in [0.1, 0.15) is 80.1 Å². The molecule has 0 N–H and O–H groups in total. The zero-order valence-electron chi connectivity index (χ0n) is 10.7. The van der Waals surface area contributed by atoms with Crippen LogP contribution in [-0.2, 0) is 0 Å². The first kappa shape index (κ1) is 15.5. The summed E-state index contributed by atoms with van der Waals surface area (Å²) in [5.41, 5.74) is 0.764. The van der Waals surface area contributed by atoms with Crippen LogP contribution in [0.2, 0.25) is 0 Å². The van der Waals surface area contributed by atoms with Crippen molar-refractivity contribution in [2.75, 3.05) is 0 Å². The van der Waals surface area contributed by atoms with Crippen LogP contribution in [0.3, 0.4) is 0 Å². The Morgan fingerprint density at radius 3 is 1.31 bits per heavy atom. The number of unbranched alkanes of at least 4 members (excludes halogenated alkanes) is 1. The van der Waals surface area contributed by atoms with Gasteiger partial charge in [0.1, 0.15) is 0 Å². The predicted molar refractivity (Wildman–Crippen MR) is 64.2 cm³/mol. The number of hydrogen-bond acceptors (Lipinski definition) is 0. The Labute approximate surface area is 86.1 Å². The van der Waals surface area contributed by atoms with E-state index in [1.54, 1.807) is 0 Å². The topological polar surface area (TPSA) is 0 Å². The lowest BCUT2D eigenvalue weighted by atomic mass is 9.69. The second kappa shape index (κ2) is 10.1. The highest BCUT2D eigenvalue weighted by Crippen LogP contribution is 2.42. The van der Waals surface area contributed by atoms with Gasteiger partial charge in [0.15, 0.2) is 0 Å². The van der Waals surface area contributed by atoms with Gasteiger partial charge in [-0.05, 0) is 18.3 Å². The molecule has 1 fully saturated rings. The van der Waals surface area contributed by atoms with Crippen LogP contribution in [0, 0.1) is 5.41 Å². The Balaban J connectivity index is 0. The summed E-state index contributed by atoms with van der Waals surface area (Å²) in [5, 5.41) is 0. The monoisotopic (exact) mass is 186 g/mol. The summed E-state index contributed by atoms with van der Waals surface area (Å²) >= 11 is 0. The molecule has 1 aliphatic rings. The molecular formula is C13H30. The van der Waals surface area contributed by atoms with Gasteiger partial charge in [0.25, 0.3) is 0 Å². The first-order valence-electron chi connectivity index (χ1n) is 6.18. The van der Waals surface area contributed by atoms with Gasteiger partial charge >= 0.3 is 0 Å². The van der Waals surface area contributed by atoms with Crippen molar-refractivity contribution in [2.45, 2.75) is 80.1 Å². The SMILES string of the molecule is CC.CCC1(C)CCC1.CCCC. The third-order valence-electron chi connectivity index (χ3n) is 2.91. The average Bonchev–Trinajstić information content (AvgIpc) is 2.18. The standard InChI is InChI=1S/C7H14.C4H10.C2H6/c1-3-7(2)5-4-6-7;1-3-4-2;1-2/h3-6H2,1-2H3;3-4H2,1-2H3;1-2H3. The minimum absolute atomic E-state index is 0.764. The lowest BCUT2D eigenvalue weighted by molar-refractivity contribution is 0.155. The normalized spacial score (nSPS) is 17.1. The van der Waals surface area contributed by atoms with E-state index >= 15 is 0 Å². The Morgan fingerprint density at radius 2 is 1.31 bits per heavy atom. The summed E-state index contributed by atoms with van der Waals surface area (Å²) < 4.78 is 0. The number of hydrogen-bond donors (Lipinski definition) is 0. The molecule has 82 valence electrons. The van der Waals surface area contributed by atoms with E-state index in [1.165, 1.54) is 38.5 Å². The van der Waals surface area contributed by atoms with Crippen LogP contribution in [-0.4, -0.2) is 0 Å². The lowest BCUT2D eigenvalue weighted by Crippen LogP contribution is -2.23. The van der Waals surface area contributed by atoms with Crippen molar-refractivity contribution < 1.29 is 0 Å². The molecule has 0 aromatic heterocycles. The molecule has 0 aromatic carbocycles. The maximum atomic E-state index is 2.39. The average molecular weight is 186 g/mol. The van der Waals surface area contributed by atoms with Crippen molar-refractivity contribution in [1.82, 2.24) is 0 Å². The van der Waals surface area contributed by atoms with E-state index in [4.69, 9.17) is 0 Å². The summed E-state index contributed by atoms with van der Waals surface area (Å²) in [4.78, 5) is 0. The van der Waals surface area contributed by atoms with Gasteiger partial charge in [-0.25, -0.2) is 0 Å². The zero-order chi connectivity index (χ0) is 10.7. The smallest absolute Gasteiger partial charge is 0.0328 e. The van der Waals surface area contributed by atoms with Gasteiger partial charge in [-0.1, -0.05) is 67.2 Å². The highest BCUT2D eigenvalue weighted by Gasteiger charge is 2.28. The van der Waals surface area contributed by atoms with E-state index in [2.05, 4.69) is 27.7 Å². The molecule has 0 bridgehead atoms. The molecule has 1 saturated carbocycles. The van der Waals surface area contributed by atoms with Gasteiger partial charge in [0.2, 0.25) is 0 Å². The molecule has 0 unspecified atom stereocenters. The second-order valence-electron chi connectivity index (χ2n) is 4.02. The summed E-state index contributed by atoms with van der Waals surface area (Å²) in [6.07, 6.45) is 8.45. The van der Waals surface area contributed by atoms with Gasteiger partial charge in [-0.2, -0.15) is 0 Å². The molecule has 0 spiro atoms. The molecule has 1 rings (SSSR count). The molecule has 0 atom stereocenters. The minimum atomic E-state index is 0.764. The van der Waals surface area contributed by atoms with E-state index in [-0.39, 0.29) is 0 Å². The van der Waals surface area contributed by atoms with E-state index in [0.717, 1.165) is 5.41 Å². The lowest BCUT2D eigenvalue weighted by Gasteiger charge is -2.37. The molecule has 0 heteroatoms. The van der Waals surface area contributed by atoms with Crippen LogP contribution < -0.4 is 0 Å². The highest BCUT2D eigenvalue weighted by molar-refractivity contribution is 4.81. The van der Waals surface area contributed by atoms with Crippen molar-refractivity contribution in [3.8, 4) is 0 Å². The molecule has 0 radical (unpaired) electrons. The van der Waals surface area contributed by atoms with Crippen molar-refractivity contribution in [3.05, 3.63) is 0 Å². The Kier molecular flexibility index (Phi) is 12.0.